The topological polar surface area (TPSA) is 108 Å². The maximum absolute atomic E-state index is 12.8. The predicted octanol–water partition coefficient (Wildman–Crippen LogP) is 12.7. The van der Waals surface area contributed by atoms with Gasteiger partial charge in [0.25, 0.3) is 7.82 Å². The van der Waals surface area contributed by atoms with E-state index in [9.17, 15) is 19.4 Å². The fourth-order valence-corrected chi connectivity index (χ4v) is 8.00. The first-order valence-electron chi connectivity index (χ1n) is 23.9. The summed E-state index contributed by atoms with van der Waals surface area (Å²) in [6.07, 6.45) is 42.8. The Morgan fingerprint density at radius 1 is 0.564 bits per heavy atom. The van der Waals surface area contributed by atoms with Crippen molar-refractivity contribution >= 4 is 13.7 Å². The van der Waals surface area contributed by atoms with Crippen molar-refractivity contribution in [3.8, 4) is 0 Å². The van der Waals surface area contributed by atoms with E-state index in [2.05, 4.69) is 19.2 Å². The molecule has 0 aromatic carbocycles. The monoisotopic (exact) mass is 803 g/mol. The number of quaternary nitrogens is 1. The number of nitrogens with zero attached hydrogens (tertiary/aromatic N) is 1. The molecule has 0 saturated heterocycles. The van der Waals surface area contributed by atoms with Crippen LogP contribution in [0.25, 0.3) is 0 Å². The molecule has 9 heteroatoms. The molecule has 0 aliphatic carbocycles. The fourth-order valence-electron chi connectivity index (χ4n) is 7.28. The summed E-state index contributed by atoms with van der Waals surface area (Å²) in [5, 5.41) is 13.8. The summed E-state index contributed by atoms with van der Waals surface area (Å²) in [4.78, 5) is 25.3. The lowest BCUT2D eigenvalue weighted by molar-refractivity contribution is -0.870. The maximum atomic E-state index is 12.8. The number of amides is 1. The molecule has 0 bridgehead atoms. The maximum Gasteiger partial charge on any atom is 0.268 e. The molecule has 330 valence electrons. The van der Waals surface area contributed by atoms with E-state index in [1.165, 1.54) is 173 Å². The second-order valence-corrected chi connectivity index (χ2v) is 19.2. The van der Waals surface area contributed by atoms with Crippen LogP contribution < -0.4 is 10.2 Å². The van der Waals surface area contributed by atoms with E-state index in [1.54, 1.807) is 0 Å². The Morgan fingerprint density at radius 2 is 0.891 bits per heavy atom. The molecule has 55 heavy (non-hydrogen) atoms. The van der Waals surface area contributed by atoms with Gasteiger partial charge in [-0.3, -0.25) is 9.36 Å². The zero-order valence-electron chi connectivity index (χ0n) is 37.4. The van der Waals surface area contributed by atoms with E-state index in [1.807, 2.05) is 21.1 Å². The van der Waals surface area contributed by atoms with Gasteiger partial charge in [-0.05, 0) is 12.8 Å². The number of hydrogen-bond donors (Lipinski definition) is 2. The first-order valence-corrected chi connectivity index (χ1v) is 25.3. The summed E-state index contributed by atoms with van der Waals surface area (Å²) in [5.74, 6) is -0.163. The quantitative estimate of drug-likeness (QED) is 0.0361. The highest BCUT2D eigenvalue weighted by atomic mass is 31.2. The Labute approximate surface area is 342 Å². The van der Waals surface area contributed by atoms with Gasteiger partial charge in [-0.1, -0.05) is 219 Å². The van der Waals surface area contributed by atoms with E-state index in [4.69, 9.17) is 9.05 Å². The number of nitrogens with one attached hydrogen (secondary N) is 1. The van der Waals surface area contributed by atoms with Crippen LogP contribution in [-0.4, -0.2) is 68.5 Å². The lowest BCUT2D eigenvalue weighted by Gasteiger charge is -2.30. The van der Waals surface area contributed by atoms with Gasteiger partial charge in [0.1, 0.15) is 13.2 Å². The molecular formula is C46H95N2O6P. The van der Waals surface area contributed by atoms with Crippen LogP contribution in [0.3, 0.4) is 0 Å². The van der Waals surface area contributed by atoms with Crippen molar-refractivity contribution in [2.75, 3.05) is 40.9 Å². The van der Waals surface area contributed by atoms with Crippen LogP contribution in [0.2, 0.25) is 0 Å². The fraction of sp³-hybridized carbons (Fsp3) is 0.978. The summed E-state index contributed by atoms with van der Waals surface area (Å²) in [6.45, 7) is 4.71. The summed E-state index contributed by atoms with van der Waals surface area (Å²) in [6, 6.07) is -0.791. The Bertz CT molecular complexity index is 870. The molecule has 3 atom stereocenters. The van der Waals surface area contributed by atoms with Crippen molar-refractivity contribution in [1.29, 1.82) is 0 Å². The Balaban J connectivity index is 4.01. The van der Waals surface area contributed by atoms with Crippen LogP contribution in [0, 0.1) is 0 Å². The summed E-state index contributed by atoms with van der Waals surface area (Å²) in [5.41, 5.74) is 0. The van der Waals surface area contributed by atoms with Gasteiger partial charge in [-0.15, -0.1) is 0 Å². The predicted molar refractivity (Wildman–Crippen MR) is 233 cm³/mol. The number of likely N-dealkylation sites (N-methyl/N-ethyl adjacent to an activating group) is 1. The van der Waals surface area contributed by atoms with Crippen LogP contribution in [0.1, 0.15) is 239 Å². The molecule has 3 unspecified atom stereocenters. The van der Waals surface area contributed by atoms with Crippen LogP contribution in [0.4, 0.5) is 0 Å². The van der Waals surface area contributed by atoms with E-state index >= 15 is 0 Å². The van der Waals surface area contributed by atoms with Crippen molar-refractivity contribution in [2.45, 2.75) is 251 Å². The lowest BCUT2D eigenvalue weighted by atomic mass is 10.0. The number of phosphoric acid groups is 1. The van der Waals surface area contributed by atoms with Crippen LogP contribution >= 0.6 is 7.82 Å². The molecule has 8 nitrogen and oxygen atoms in total. The third kappa shape index (κ3) is 41.5. The number of rotatable bonds is 44. The SMILES string of the molecule is CCCCCCCCCCCCCCCCCCCCCCCCCCCC(=O)NC(COP(=O)([O-])OCC[N+](C)(C)C)C(O)CCCCCCCCCC. The first kappa shape index (κ1) is 54.5. The van der Waals surface area contributed by atoms with E-state index in [0.29, 0.717) is 23.9 Å². The second-order valence-electron chi connectivity index (χ2n) is 17.8. The standard InChI is InChI=1S/C46H95N2O6P/c1-6-8-10-12-14-16-17-18-19-20-21-22-23-24-25-26-27-28-29-30-31-32-34-36-38-40-46(50)47-44(43-54-55(51,52)53-42-41-48(3,4)5)45(49)39-37-35-33-15-13-11-9-7-2/h44-45,49H,6-43H2,1-5H3,(H-,47,50,51,52). The number of unbranched alkanes of at least 4 members (excludes halogenated alkanes) is 31. The van der Waals surface area contributed by atoms with Crippen LogP contribution in [0.15, 0.2) is 0 Å². The number of aliphatic hydroxyl groups excluding tert-OH is 1. The average Bonchev–Trinajstić information content (AvgIpc) is 3.13. The van der Waals surface area contributed by atoms with Crippen LogP contribution in [-0.2, 0) is 18.4 Å². The average molecular weight is 803 g/mol. The van der Waals surface area contributed by atoms with Crippen molar-refractivity contribution in [1.82, 2.24) is 5.32 Å². The molecule has 0 heterocycles. The molecule has 0 aliphatic heterocycles. The van der Waals surface area contributed by atoms with Gasteiger partial charge < -0.3 is 28.8 Å². The first-order chi connectivity index (χ1) is 26.5. The Hall–Kier alpha value is -0.500. The van der Waals surface area contributed by atoms with Gasteiger partial charge in [0.05, 0.1) is 39.9 Å². The molecule has 0 spiro atoms. The van der Waals surface area contributed by atoms with Gasteiger partial charge in [0, 0.05) is 6.42 Å². The molecule has 0 aromatic rings. The molecule has 0 fully saturated rings. The number of aliphatic hydroxyl groups is 1. The Morgan fingerprint density at radius 3 is 1.24 bits per heavy atom. The molecule has 2 N–H and O–H groups in total. The van der Waals surface area contributed by atoms with Gasteiger partial charge in [0.15, 0.2) is 0 Å². The summed E-state index contributed by atoms with van der Waals surface area (Å²) < 4.78 is 23.2. The van der Waals surface area contributed by atoms with Crippen molar-refractivity contribution in [3.05, 3.63) is 0 Å². The van der Waals surface area contributed by atoms with Crippen LogP contribution in [0.5, 0.6) is 0 Å². The Kier molecular flexibility index (Phi) is 38.6. The minimum absolute atomic E-state index is 0.0156. The van der Waals surface area contributed by atoms with Gasteiger partial charge in [-0.2, -0.15) is 0 Å². The number of carbonyl (C=O) groups excluding carboxylic acids is 1. The van der Waals surface area contributed by atoms with Crippen molar-refractivity contribution in [3.63, 3.8) is 0 Å². The largest absolute Gasteiger partial charge is 0.756 e. The molecule has 1 amide bonds. The second kappa shape index (κ2) is 39.0. The minimum atomic E-state index is -4.55. The van der Waals surface area contributed by atoms with Crippen molar-refractivity contribution < 1.29 is 32.9 Å². The van der Waals surface area contributed by atoms with Gasteiger partial charge >= 0.3 is 0 Å². The lowest BCUT2D eigenvalue weighted by Crippen LogP contribution is -2.46. The molecular weight excluding hydrogens is 707 g/mol. The normalized spacial score (nSPS) is 14.2. The number of hydrogen-bond acceptors (Lipinski definition) is 6. The van der Waals surface area contributed by atoms with Gasteiger partial charge in [0.2, 0.25) is 5.91 Å². The highest BCUT2D eigenvalue weighted by Crippen LogP contribution is 2.38. The zero-order chi connectivity index (χ0) is 40.7. The number of carbonyl (C=O) groups is 1. The number of phosphoric ester groups is 1. The zero-order valence-corrected chi connectivity index (χ0v) is 38.3. The minimum Gasteiger partial charge on any atom is -0.756 e. The van der Waals surface area contributed by atoms with E-state index in [0.717, 1.165) is 38.5 Å². The third-order valence-corrected chi connectivity index (χ3v) is 12.1. The highest BCUT2D eigenvalue weighted by Gasteiger charge is 2.24. The molecule has 0 rings (SSSR count). The molecule has 0 radical (unpaired) electrons. The third-order valence-electron chi connectivity index (χ3n) is 11.1. The summed E-state index contributed by atoms with van der Waals surface area (Å²) >= 11 is 0. The molecule has 0 aromatic heterocycles. The molecule has 0 aliphatic rings. The van der Waals surface area contributed by atoms with Gasteiger partial charge in [-0.25, -0.2) is 0 Å². The highest BCUT2D eigenvalue weighted by molar-refractivity contribution is 7.45. The van der Waals surface area contributed by atoms with E-state index in [-0.39, 0.29) is 19.1 Å². The summed E-state index contributed by atoms with van der Waals surface area (Å²) in [7, 11) is 1.31. The smallest absolute Gasteiger partial charge is 0.268 e. The molecule has 0 saturated carbocycles. The van der Waals surface area contributed by atoms with Crippen molar-refractivity contribution in [2.24, 2.45) is 0 Å². The van der Waals surface area contributed by atoms with E-state index < -0.39 is 20.0 Å².